The molecule has 0 aliphatic carbocycles. The van der Waals surface area contributed by atoms with Crippen molar-refractivity contribution in [1.29, 1.82) is 0 Å². The number of nitrogens with one attached hydrogen (secondary N) is 1. The Kier molecular flexibility index (Phi) is 7.83. The number of anilines is 2. The van der Waals surface area contributed by atoms with Crippen LogP contribution in [0.1, 0.15) is 49.2 Å². The molecule has 0 saturated carbocycles. The second kappa shape index (κ2) is 10.1. The van der Waals surface area contributed by atoms with E-state index in [1.807, 2.05) is 26.0 Å². The van der Waals surface area contributed by atoms with Gasteiger partial charge in [0.05, 0.1) is 5.69 Å². The highest BCUT2D eigenvalue weighted by Crippen LogP contribution is 2.22. The lowest BCUT2D eigenvalue weighted by Gasteiger charge is -2.13. The van der Waals surface area contributed by atoms with Crippen LogP contribution < -0.4 is 11.1 Å². The molecular weight excluding hydrogens is 362 g/mol. The van der Waals surface area contributed by atoms with Crippen molar-refractivity contribution in [3.8, 4) is 11.8 Å². The first-order chi connectivity index (χ1) is 13.0. The van der Waals surface area contributed by atoms with Gasteiger partial charge in [0, 0.05) is 24.4 Å². The zero-order valence-electron chi connectivity index (χ0n) is 16.0. The smallest absolute Gasteiger partial charge is 0.223 e. The van der Waals surface area contributed by atoms with Crippen LogP contribution in [0.25, 0.3) is 0 Å². The Bertz CT molecular complexity index is 840. The van der Waals surface area contributed by atoms with Gasteiger partial charge in [0.25, 0.3) is 0 Å². The van der Waals surface area contributed by atoms with E-state index in [2.05, 4.69) is 39.0 Å². The first-order valence-electron chi connectivity index (χ1n) is 9.14. The van der Waals surface area contributed by atoms with E-state index < -0.39 is 0 Å². The minimum atomic E-state index is 0.0912. The van der Waals surface area contributed by atoms with Gasteiger partial charge in [0.2, 0.25) is 5.95 Å². The highest BCUT2D eigenvalue weighted by atomic mass is 35.5. The molecule has 1 atom stereocenters. The fourth-order valence-corrected chi connectivity index (χ4v) is 2.85. The van der Waals surface area contributed by atoms with Crippen molar-refractivity contribution in [1.82, 2.24) is 15.0 Å². The molecule has 0 saturated heterocycles. The number of hydrogen-bond acceptors (Lipinski definition) is 6. The fourth-order valence-electron chi connectivity index (χ4n) is 2.63. The van der Waals surface area contributed by atoms with E-state index in [0.29, 0.717) is 17.9 Å². The number of aliphatic hydroxyl groups is 1. The summed E-state index contributed by atoms with van der Waals surface area (Å²) < 4.78 is 0. The van der Waals surface area contributed by atoms with Crippen LogP contribution in [0.5, 0.6) is 0 Å². The van der Waals surface area contributed by atoms with Crippen LogP contribution in [-0.2, 0) is 6.42 Å². The molecule has 2 aromatic rings. The van der Waals surface area contributed by atoms with E-state index in [4.69, 9.17) is 17.3 Å². The van der Waals surface area contributed by atoms with Crippen LogP contribution >= 0.6 is 11.6 Å². The van der Waals surface area contributed by atoms with Gasteiger partial charge in [-0.2, -0.15) is 9.97 Å². The number of halogens is 1. The van der Waals surface area contributed by atoms with E-state index in [0.717, 1.165) is 36.2 Å². The van der Waals surface area contributed by atoms with E-state index in [1.165, 1.54) is 0 Å². The number of aryl methyl sites for hydroxylation is 2. The standard InChI is InChI=1S/C20H26ClN5O/c1-4-14(12-27)10-11-23-19-16(18(21)25-20(22)26-19)9-8-15-7-6-13(3)24-17(15)5-2/h6-7,14,27H,4-5,10-12H2,1-3H3,(H3,22,23,25,26). The van der Waals surface area contributed by atoms with Crippen molar-refractivity contribution in [3.05, 3.63) is 39.8 Å². The van der Waals surface area contributed by atoms with Gasteiger partial charge in [-0.1, -0.05) is 43.7 Å². The SMILES string of the molecule is CCc1nc(C)ccc1C#Cc1c(Cl)nc(N)nc1NCCC(CC)CO. The van der Waals surface area contributed by atoms with Crippen molar-refractivity contribution in [2.75, 3.05) is 24.2 Å². The fraction of sp³-hybridized carbons (Fsp3) is 0.450. The molecule has 2 aromatic heterocycles. The minimum absolute atomic E-state index is 0.0912. The molecule has 0 bridgehead atoms. The molecule has 1 unspecified atom stereocenters. The van der Waals surface area contributed by atoms with Gasteiger partial charge in [-0.25, -0.2) is 0 Å². The van der Waals surface area contributed by atoms with Crippen molar-refractivity contribution < 1.29 is 5.11 Å². The van der Waals surface area contributed by atoms with Crippen molar-refractivity contribution >= 4 is 23.4 Å². The molecule has 7 heteroatoms. The number of rotatable bonds is 7. The Morgan fingerprint density at radius 2 is 2.00 bits per heavy atom. The highest BCUT2D eigenvalue weighted by molar-refractivity contribution is 6.31. The van der Waals surface area contributed by atoms with Gasteiger partial charge in [-0.3, -0.25) is 4.98 Å². The molecule has 2 rings (SSSR count). The van der Waals surface area contributed by atoms with Crippen LogP contribution in [0, 0.1) is 24.7 Å². The normalized spacial score (nSPS) is 11.6. The van der Waals surface area contributed by atoms with Crippen molar-refractivity contribution in [3.63, 3.8) is 0 Å². The molecular formula is C20H26ClN5O. The summed E-state index contributed by atoms with van der Waals surface area (Å²) in [5.74, 6) is 7.04. The Morgan fingerprint density at radius 1 is 1.22 bits per heavy atom. The zero-order valence-corrected chi connectivity index (χ0v) is 16.8. The third kappa shape index (κ3) is 5.81. The number of nitrogen functional groups attached to an aromatic ring is 1. The summed E-state index contributed by atoms with van der Waals surface area (Å²) in [4.78, 5) is 12.8. The summed E-state index contributed by atoms with van der Waals surface area (Å²) in [6.07, 6.45) is 2.52. The predicted molar refractivity (Wildman–Crippen MR) is 110 cm³/mol. The third-order valence-electron chi connectivity index (χ3n) is 4.33. The lowest BCUT2D eigenvalue weighted by molar-refractivity contribution is 0.217. The lowest BCUT2D eigenvalue weighted by atomic mass is 10.0. The van der Waals surface area contributed by atoms with Gasteiger partial charge >= 0.3 is 0 Å². The number of nitrogens with zero attached hydrogens (tertiary/aromatic N) is 3. The van der Waals surface area contributed by atoms with E-state index in [-0.39, 0.29) is 23.6 Å². The molecule has 27 heavy (non-hydrogen) atoms. The maximum absolute atomic E-state index is 9.32. The molecule has 0 spiro atoms. The number of aromatic nitrogens is 3. The van der Waals surface area contributed by atoms with Crippen LogP contribution in [0.15, 0.2) is 12.1 Å². The van der Waals surface area contributed by atoms with Gasteiger partial charge in [-0.15, -0.1) is 0 Å². The van der Waals surface area contributed by atoms with Gasteiger partial charge in [-0.05, 0) is 37.8 Å². The average Bonchev–Trinajstić information content (AvgIpc) is 2.65. The van der Waals surface area contributed by atoms with Gasteiger partial charge in [0.1, 0.15) is 11.4 Å². The maximum Gasteiger partial charge on any atom is 0.223 e. The Balaban J connectivity index is 2.29. The molecule has 2 heterocycles. The Morgan fingerprint density at radius 3 is 2.67 bits per heavy atom. The van der Waals surface area contributed by atoms with Crippen LogP contribution in [-0.4, -0.2) is 33.2 Å². The summed E-state index contributed by atoms with van der Waals surface area (Å²) in [6, 6.07) is 3.89. The molecule has 0 fully saturated rings. The van der Waals surface area contributed by atoms with Gasteiger partial charge in [0.15, 0.2) is 5.15 Å². The number of hydrogen-bond donors (Lipinski definition) is 3. The van der Waals surface area contributed by atoms with E-state index in [1.54, 1.807) is 0 Å². The van der Waals surface area contributed by atoms with E-state index in [9.17, 15) is 5.11 Å². The zero-order chi connectivity index (χ0) is 19.8. The largest absolute Gasteiger partial charge is 0.396 e. The van der Waals surface area contributed by atoms with Crippen LogP contribution in [0.3, 0.4) is 0 Å². The number of nitrogens with two attached hydrogens (primary N) is 1. The predicted octanol–water partition coefficient (Wildman–Crippen LogP) is 3.20. The van der Waals surface area contributed by atoms with E-state index >= 15 is 0 Å². The number of aliphatic hydroxyl groups excluding tert-OH is 1. The molecule has 4 N–H and O–H groups in total. The first-order valence-corrected chi connectivity index (χ1v) is 9.52. The third-order valence-corrected chi connectivity index (χ3v) is 4.61. The molecule has 0 aromatic carbocycles. The van der Waals surface area contributed by atoms with Crippen molar-refractivity contribution in [2.45, 2.75) is 40.0 Å². The maximum atomic E-state index is 9.32. The summed E-state index contributed by atoms with van der Waals surface area (Å²) in [5.41, 5.74) is 9.00. The molecule has 6 nitrogen and oxygen atoms in total. The van der Waals surface area contributed by atoms with Gasteiger partial charge < -0.3 is 16.2 Å². The van der Waals surface area contributed by atoms with Crippen LogP contribution in [0.4, 0.5) is 11.8 Å². The first kappa shape index (κ1) is 20.9. The molecule has 144 valence electrons. The highest BCUT2D eigenvalue weighted by Gasteiger charge is 2.11. The van der Waals surface area contributed by atoms with Crippen molar-refractivity contribution in [2.24, 2.45) is 5.92 Å². The monoisotopic (exact) mass is 387 g/mol. The topological polar surface area (TPSA) is 97.0 Å². The second-order valence-electron chi connectivity index (χ2n) is 6.32. The lowest BCUT2D eigenvalue weighted by Crippen LogP contribution is -2.14. The minimum Gasteiger partial charge on any atom is -0.396 e. The Hall–Kier alpha value is -2.36. The molecule has 0 radical (unpaired) electrons. The summed E-state index contributed by atoms with van der Waals surface area (Å²) in [5, 5.41) is 12.8. The second-order valence-corrected chi connectivity index (χ2v) is 6.68. The molecule has 0 aliphatic heterocycles. The summed E-state index contributed by atoms with van der Waals surface area (Å²) in [6.45, 7) is 6.85. The van der Waals surface area contributed by atoms with Crippen LogP contribution in [0.2, 0.25) is 5.15 Å². The summed E-state index contributed by atoms with van der Waals surface area (Å²) >= 11 is 6.27. The average molecular weight is 388 g/mol. The molecule has 0 amide bonds. The number of pyridine rings is 1. The Labute approximate surface area is 165 Å². The summed E-state index contributed by atoms with van der Waals surface area (Å²) in [7, 11) is 0. The molecule has 0 aliphatic rings. The quantitative estimate of drug-likeness (QED) is 0.498.